The molecule has 0 bridgehead atoms. The first-order chi connectivity index (χ1) is 8.43. The maximum Gasteiger partial charge on any atom is 0.312 e. The second kappa shape index (κ2) is 6.05. The third-order valence-electron chi connectivity index (χ3n) is 2.82. The first kappa shape index (κ1) is 14.0. The number of carbonyl (C=O) groups excluding carboxylic acids is 2. The summed E-state index contributed by atoms with van der Waals surface area (Å²) in [7, 11) is 0. The summed E-state index contributed by atoms with van der Waals surface area (Å²) in [6, 6.07) is 4.36. The number of carbonyl (C=O) groups is 2. The minimum atomic E-state index is -0.697. The Morgan fingerprint density at radius 2 is 1.94 bits per heavy atom. The third kappa shape index (κ3) is 3.76. The van der Waals surface area contributed by atoms with Crippen molar-refractivity contribution in [2.45, 2.75) is 33.2 Å². The summed E-state index contributed by atoms with van der Waals surface area (Å²) in [6.45, 7) is 5.79. The zero-order valence-electron chi connectivity index (χ0n) is 10.9. The van der Waals surface area contributed by atoms with Crippen LogP contribution < -0.4 is 16.4 Å². The Hall–Kier alpha value is -2.04. The molecular weight excluding hydrogens is 230 g/mol. The van der Waals surface area contributed by atoms with Gasteiger partial charge in [-0.25, -0.2) is 4.79 Å². The van der Waals surface area contributed by atoms with Crippen molar-refractivity contribution >= 4 is 17.6 Å². The van der Waals surface area contributed by atoms with E-state index in [9.17, 15) is 9.59 Å². The lowest BCUT2D eigenvalue weighted by molar-refractivity contribution is -0.118. The van der Waals surface area contributed by atoms with Gasteiger partial charge >= 0.3 is 6.03 Å². The smallest absolute Gasteiger partial charge is 0.312 e. The molecule has 98 valence electrons. The predicted octanol–water partition coefficient (Wildman–Crippen LogP) is 1.69. The van der Waals surface area contributed by atoms with E-state index in [1.807, 2.05) is 32.0 Å². The van der Waals surface area contributed by atoms with Gasteiger partial charge in [-0.15, -0.1) is 0 Å². The van der Waals surface area contributed by atoms with E-state index in [2.05, 4.69) is 10.6 Å². The summed E-state index contributed by atoms with van der Waals surface area (Å²) >= 11 is 0. The highest BCUT2D eigenvalue weighted by atomic mass is 16.2. The van der Waals surface area contributed by atoms with Crippen LogP contribution in [0.25, 0.3) is 0 Å². The van der Waals surface area contributed by atoms with Crippen molar-refractivity contribution in [3.8, 4) is 0 Å². The largest absolute Gasteiger partial charge is 0.352 e. The molecule has 0 aliphatic carbocycles. The molecule has 3 amide bonds. The number of hydrogen-bond donors (Lipinski definition) is 3. The number of nitrogens with one attached hydrogen (secondary N) is 2. The summed E-state index contributed by atoms with van der Waals surface area (Å²) < 4.78 is 0. The van der Waals surface area contributed by atoms with Crippen LogP contribution in [-0.2, 0) is 4.79 Å². The summed E-state index contributed by atoms with van der Waals surface area (Å²) in [5.41, 5.74) is 7.99. The van der Waals surface area contributed by atoms with Crippen molar-refractivity contribution in [3.63, 3.8) is 0 Å². The third-order valence-corrected chi connectivity index (χ3v) is 2.82. The van der Waals surface area contributed by atoms with E-state index in [1.54, 1.807) is 6.92 Å². The minimum Gasteiger partial charge on any atom is -0.352 e. The van der Waals surface area contributed by atoms with Crippen LogP contribution in [0.3, 0.4) is 0 Å². The zero-order chi connectivity index (χ0) is 13.7. The second-order valence-electron chi connectivity index (χ2n) is 4.26. The molecule has 0 aliphatic heterocycles. The van der Waals surface area contributed by atoms with Crippen molar-refractivity contribution in [3.05, 3.63) is 29.3 Å². The van der Waals surface area contributed by atoms with E-state index in [0.717, 1.165) is 11.1 Å². The molecule has 18 heavy (non-hydrogen) atoms. The molecule has 0 spiro atoms. The van der Waals surface area contributed by atoms with Gasteiger partial charge in [-0.3, -0.25) is 4.79 Å². The van der Waals surface area contributed by atoms with Gasteiger partial charge in [0.05, 0.1) is 0 Å². The van der Waals surface area contributed by atoms with Gasteiger partial charge in [-0.2, -0.15) is 0 Å². The normalized spacial score (nSPS) is 11.7. The van der Waals surface area contributed by atoms with E-state index < -0.39 is 12.1 Å². The highest BCUT2D eigenvalue weighted by Gasteiger charge is 2.17. The van der Waals surface area contributed by atoms with Crippen molar-refractivity contribution in [2.75, 3.05) is 5.32 Å². The number of amides is 3. The van der Waals surface area contributed by atoms with E-state index >= 15 is 0 Å². The van der Waals surface area contributed by atoms with Gasteiger partial charge in [0.1, 0.15) is 6.04 Å². The maximum absolute atomic E-state index is 11.9. The number of benzene rings is 1. The Balaban J connectivity index is 2.73. The molecule has 0 fully saturated rings. The van der Waals surface area contributed by atoms with Crippen LogP contribution in [0, 0.1) is 13.8 Å². The Morgan fingerprint density at radius 3 is 2.44 bits per heavy atom. The van der Waals surface area contributed by atoms with Crippen molar-refractivity contribution in [1.82, 2.24) is 5.32 Å². The van der Waals surface area contributed by atoms with E-state index in [1.165, 1.54) is 0 Å². The van der Waals surface area contributed by atoms with E-state index in [-0.39, 0.29) is 5.91 Å². The van der Waals surface area contributed by atoms with Gasteiger partial charge < -0.3 is 16.4 Å². The number of anilines is 1. The fourth-order valence-corrected chi connectivity index (χ4v) is 1.57. The number of urea groups is 1. The summed E-state index contributed by atoms with van der Waals surface area (Å²) in [6.07, 6.45) is 0.486. The van der Waals surface area contributed by atoms with Gasteiger partial charge in [0.2, 0.25) is 5.91 Å². The van der Waals surface area contributed by atoms with E-state index in [4.69, 9.17) is 5.73 Å². The number of aryl methyl sites for hydroxylation is 2. The summed E-state index contributed by atoms with van der Waals surface area (Å²) in [5, 5.41) is 5.16. The molecule has 5 heteroatoms. The molecule has 0 heterocycles. The molecule has 0 aliphatic rings. The van der Waals surface area contributed by atoms with E-state index in [0.29, 0.717) is 12.1 Å². The van der Waals surface area contributed by atoms with Crippen LogP contribution in [0.15, 0.2) is 18.2 Å². The number of rotatable bonds is 4. The fraction of sp³-hybridized carbons (Fsp3) is 0.385. The average molecular weight is 249 g/mol. The Kier molecular flexibility index (Phi) is 4.71. The van der Waals surface area contributed by atoms with Crippen molar-refractivity contribution < 1.29 is 9.59 Å². The lowest BCUT2D eigenvalue weighted by atomic mass is 10.1. The Labute approximate surface area is 107 Å². The topological polar surface area (TPSA) is 84.2 Å². The average Bonchev–Trinajstić information content (AvgIpc) is 2.30. The molecule has 0 unspecified atom stereocenters. The van der Waals surface area contributed by atoms with Crippen LogP contribution in [0.4, 0.5) is 10.5 Å². The van der Waals surface area contributed by atoms with Gasteiger partial charge in [-0.1, -0.05) is 13.0 Å². The van der Waals surface area contributed by atoms with Crippen LogP contribution in [0.2, 0.25) is 0 Å². The van der Waals surface area contributed by atoms with Gasteiger partial charge in [0.15, 0.2) is 0 Å². The lowest BCUT2D eigenvalue weighted by Gasteiger charge is -2.15. The molecular formula is C13H19N3O2. The molecule has 0 saturated carbocycles. The SMILES string of the molecule is CC[C@H](NC(N)=O)C(=O)Nc1ccc(C)c(C)c1. The van der Waals surface area contributed by atoms with Crippen LogP contribution in [0.5, 0.6) is 0 Å². The standard InChI is InChI=1S/C13H19N3O2/c1-4-11(16-13(14)18)12(17)15-10-6-5-8(2)9(3)7-10/h5-7,11H,4H2,1-3H3,(H,15,17)(H3,14,16,18)/t11-/m0/s1. The second-order valence-corrected chi connectivity index (χ2v) is 4.26. The number of primary amides is 1. The quantitative estimate of drug-likeness (QED) is 0.758. The molecule has 5 nitrogen and oxygen atoms in total. The molecule has 4 N–H and O–H groups in total. The Morgan fingerprint density at radius 1 is 1.28 bits per heavy atom. The summed E-state index contributed by atoms with van der Waals surface area (Å²) in [5.74, 6) is -0.264. The number of nitrogens with two attached hydrogens (primary N) is 1. The highest BCUT2D eigenvalue weighted by Crippen LogP contribution is 2.14. The molecule has 1 rings (SSSR count). The predicted molar refractivity (Wildman–Crippen MR) is 71.3 cm³/mol. The monoisotopic (exact) mass is 249 g/mol. The van der Waals surface area contributed by atoms with Gasteiger partial charge in [0, 0.05) is 5.69 Å². The molecule has 1 aromatic carbocycles. The number of hydrogen-bond acceptors (Lipinski definition) is 2. The van der Waals surface area contributed by atoms with Crippen LogP contribution >= 0.6 is 0 Å². The Bertz CT molecular complexity index is 458. The van der Waals surface area contributed by atoms with Crippen LogP contribution in [0.1, 0.15) is 24.5 Å². The van der Waals surface area contributed by atoms with Crippen LogP contribution in [-0.4, -0.2) is 18.0 Å². The summed E-state index contributed by atoms with van der Waals surface area (Å²) in [4.78, 5) is 22.6. The highest BCUT2D eigenvalue weighted by molar-refractivity contribution is 5.96. The maximum atomic E-state index is 11.9. The zero-order valence-corrected chi connectivity index (χ0v) is 10.9. The van der Waals surface area contributed by atoms with Crippen molar-refractivity contribution in [1.29, 1.82) is 0 Å². The van der Waals surface area contributed by atoms with Crippen molar-refractivity contribution in [2.24, 2.45) is 5.73 Å². The minimum absolute atomic E-state index is 0.264. The first-order valence-corrected chi connectivity index (χ1v) is 5.88. The van der Waals surface area contributed by atoms with Gasteiger partial charge in [-0.05, 0) is 43.5 Å². The molecule has 0 aromatic heterocycles. The molecule has 1 aromatic rings. The molecule has 0 saturated heterocycles. The molecule has 1 atom stereocenters. The molecule has 0 radical (unpaired) electrons. The fourth-order valence-electron chi connectivity index (χ4n) is 1.57. The van der Waals surface area contributed by atoms with Gasteiger partial charge in [0.25, 0.3) is 0 Å². The first-order valence-electron chi connectivity index (χ1n) is 5.88. The lowest BCUT2D eigenvalue weighted by Crippen LogP contribution is -2.45.